The van der Waals surface area contributed by atoms with Crippen molar-refractivity contribution in [2.45, 2.75) is 59.3 Å². The van der Waals surface area contributed by atoms with Crippen LogP contribution in [0, 0.1) is 12.3 Å². The molecule has 0 radical (unpaired) electrons. The average molecular weight is 421 g/mol. The molecule has 0 saturated heterocycles. The summed E-state index contributed by atoms with van der Waals surface area (Å²) in [5, 5.41) is 0. The minimum Gasteiger partial charge on any atom is -0.244 e. The Hall–Kier alpha value is -3.00. The highest BCUT2D eigenvalue weighted by Gasteiger charge is 2.57. The molecule has 0 amide bonds. The predicted molar refractivity (Wildman–Crippen MR) is 135 cm³/mol. The van der Waals surface area contributed by atoms with Gasteiger partial charge in [0, 0.05) is 11.1 Å². The molecule has 5 rings (SSSR count). The summed E-state index contributed by atoms with van der Waals surface area (Å²) in [7, 11) is 0. The molecule has 1 aliphatic carbocycles. The summed E-state index contributed by atoms with van der Waals surface area (Å²) >= 11 is 0. The van der Waals surface area contributed by atoms with E-state index in [1.54, 1.807) is 0 Å². The van der Waals surface area contributed by atoms with Crippen LogP contribution >= 0.6 is 0 Å². The highest BCUT2D eigenvalue weighted by molar-refractivity contribution is 5.89. The van der Waals surface area contributed by atoms with Crippen LogP contribution in [0.2, 0.25) is 0 Å². The molecular formula is C30H32N2. The molecule has 0 aliphatic heterocycles. The van der Waals surface area contributed by atoms with Gasteiger partial charge in [0.05, 0.1) is 22.4 Å². The molecule has 0 bridgehead atoms. The Morgan fingerprint density at radius 2 is 1.12 bits per heavy atom. The summed E-state index contributed by atoms with van der Waals surface area (Å²) < 4.78 is 0. The quantitative estimate of drug-likeness (QED) is 0.330. The topological polar surface area (TPSA) is 25.8 Å². The normalized spacial score (nSPS) is 18.0. The first-order valence-electron chi connectivity index (χ1n) is 11.5. The average Bonchev–Trinajstić information content (AvgIpc) is 2.88. The third-order valence-corrected chi connectivity index (χ3v) is 8.72. The van der Waals surface area contributed by atoms with Crippen molar-refractivity contribution in [3.8, 4) is 22.5 Å². The third kappa shape index (κ3) is 2.65. The maximum atomic E-state index is 5.30. The van der Waals surface area contributed by atoms with Crippen molar-refractivity contribution in [3.63, 3.8) is 0 Å². The van der Waals surface area contributed by atoms with Crippen molar-refractivity contribution in [3.05, 3.63) is 83.4 Å². The Kier molecular flexibility index (Phi) is 4.40. The lowest BCUT2D eigenvalue weighted by Crippen LogP contribution is -2.42. The second-order valence-electron chi connectivity index (χ2n) is 10.8. The maximum Gasteiger partial charge on any atom is 0.0973 e. The second kappa shape index (κ2) is 6.75. The van der Waals surface area contributed by atoms with Crippen LogP contribution in [-0.4, -0.2) is 9.97 Å². The minimum atomic E-state index is 0.0385. The molecule has 1 aromatic heterocycles. The summed E-state index contributed by atoms with van der Waals surface area (Å²) in [6.45, 7) is 16.6. The monoisotopic (exact) mass is 420 g/mol. The molecule has 0 atom stereocenters. The van der Waals surface area contributed by atoms with Crippen LogP contribution in [0.3, 0.4) is 0 Å². The van der Waals surface area contributed by atoms with Gasteiger partial charge in [-0.2, -0.15) is 0 Å². The number of fused-ring (bicyclic) bond motifs is 2. The highest BCUT2D eigenvalue weighted by Crippen LogP contribution is 2.62. The van der Waals surface area contributed by atoms with E-state index in [4.69, 9.17) is 9.97 Å². The van der Waals surface area contributed by atoms with E-state index < -0.39 is 0 Å². The zero-order chi connectivity index (χ0) is 22.9. The molecule has 0 N–H and O–H groups in total. The van der Waals surface area contributed by atoms with Gasteiger partial charge < -0.3 is 0 Å². The van der Waals surface area contributed by atoms with Crippen LogP contribution < -0.4 is 0 Å². The van der Waals surface area contributed by atoms with Crippen molar-refractivity contribution in [2.24, 2.45) is 5.41 Å². The largest absolute Gasteiger partial charge is 0.244 e. The molecule has 1 heterocycles. The molecule has 4 aromatic rings. The molecule has 3 aromatic carbocycles. The van der Waals surface area contributed by atoms with E-state index in [1.165, 1.54) is 16.7 Å². The van der Waals surface area contributed by atoms with E-state index in [-0.39, 0.29) is 16.2 Å². The fraction of sp³-hybridized carbons (Fsp3) is 0.333. The van der Waals surface area contributed by atoms with Crippen LogP contribution in [0.25, 0.3) is 33.5 Å². The zero-order valence-corrected chi connectivity index (χ0v) is 20.2. The van der Waals surface area contributed by atoms with Gasteiger partial charge in [-0.15, -0.1) is 0 Å². The first-order chi connectivity index (χ1) is 15.1. The van der Waals surface area contributed by atoms with Gasteiger partial charge >= 0.3 is 0 Å². The number of aryl methyl sites for hydroxylation is 1. The van der Waals surface area contributed by atoms with Crippen LogP contribution in [0.15, 0.2) is 66.7 Å². The van der Waals surface area contributed by atoms with Gasteiger partial charge in [-0.05, 0) is 45.9 Å². The van der Waals surface area contributed by atoms with Gasteiger partial charge in [0.15, 0.2) is 0 Å². The summed E-state index contributed by atoms with van der Waals surface area (Å²) in [6.07, 6.45) is 0. The van der Waals surface area contributed by atoms with Crippen molar-refractivity contribution in [1.82, 2.24) is 9.97 Å². The van der Waals surface area contributed by atoms with Crippen molar-refractivity contribution >= 4 is 11.0 Å². The Labute approximate surface area is 191 Å². The zero-order valence-electron chi connectivity index (χ0n) is 20.2. The number of nitrogens with zero attached hydrogens (tertiary/aromatic N) is 2. The summed E-state index contributed by atoms with van der Waals surface area (Å²) in [4.78, 5) is 10.6. The first-order valence-corrected chi connectivity index (χ1v) is 11.5. The Bertz CT molecular complexity index is 1330. The molecule has 0 saturated carbocycles. The van der Waals surface area contributed by atoms with E-state index >= 15 is 0 Å². The van der Waals surface area contributed by atoms with Gasteiger partial charge in [0.25, 0.3) is 0 Å². The molecule has 2 nitrogen and oxygen atoms in total. The fourth-order valence-electron chi connectivity index (χ4n) is 5.68. The Morgan fingerprint density at radius 1 is 0.625 bits per heavy atom. The van der Waals surface area contributed by atoms with Crippen LogP contribution in [0.4, 0.5) is 0 Å². The smallest absolute Gasteiger partial charge is 0.0973 e. The summed E-state index contributed by atoms with van der Waals surface area (Å²) in [5.41, 5.74) is 10.4. The van der Waals surface area contributed by atoms with E-state index in [0.29, 0.717) is 0 Å². The fourth-order valence-corrected chi connectivity index (χ4v) is 5.68. The Morgan fingerprint density at radius 3 is 1.66 bits per heavy atom. The predicted octanol–water partition coefficient (Wildman–Crippen LogP) is 7.87. The second-order valence-corrected chi connectivity index (χ2v) is 10.8. The van der Waals surface area contributed by atoms with Gasteiger partial charge in [-0.1, -0.05) is 102 Å². The first kappa shape index (κ1) is 20.9. The van der Waals surface area contributed by atoms with Crippen molar-refractivity contribution in [2.75, 3.05) is 0 Å². The van der Waals surface area contributed by atoms with E-state index in [0.717, 1.165) is 33.5 Å². The molecule has 162 valence electrons. The summed E-state index contributed by atoms with van der Waals surface area (Å²) in [6, 6.07) is 23.2. The van der Waals surface area contributed by atoms with Crippen molar-refractivity contribution < 1.29 is 0 Å². The van der Waals surface area contributed by atoms with E-state index in [2.05, 4.69) is 103 Å². The molecule has 32 heavy (non-hydrogen) atoms. The lowest BCUT2D eigenvalue weighted by molar-refractivity contribution is 0.125. The van der Waals surface area contributed by atoms with Gasteiger partial charge in [-0.3, -0.25) is 0 Å². The van der Waals surface area contributed by atoms with Crippen molar-refractivity contribution in [1.29, 1.82) is 0 Å². The van der Waals surface area contributed by atoms with Crippen LogP contribution in [0.5, 0.6) is 0 Å². The number of benzene rings is 3. The minimum absolute atomic E-state index is 0.0385. The standard InChI is InChI=1S/C30H32N2/c1-19-24-22(28(2,3)30(6,7)29(24,4)5)18-23-25(19)32-27(21-16-12-9-13-17-21)26(31-23)20-14-10-8-11-15-20/h8-18H,1-7H3. The maximum absolute atomic E-state index is 5.30. The third-order valence-electron chi connectivity index (χ3n) is 8.72. The molecule has 1 aliphatic rings. The number of rotatable bonds is 2. The molecule has 0 unspecified atom stereocenters. The number of hydrogen-bond acceptors (Lipinski definition) is 2. The molecule has 0 spiro atoms. The lowest BCUT2D eigenvalue weighted by Gasteiger charge is -2.44. The summed E-state index contributed by atoms with van der Waals surface area (Å²) in [5.74, 6) is 0. The van der Waals surface area contributed by atoms with Gasteiger partial charge in [0.1, 0.15) is 0 Å². The number of hydrogen-bond donors (Lipinski definition) is 0. The molecule has 2 heteroatoms. The number of aromatic nitrogens is 2. The lowest BCUT2D eigenvalue weighted by atomic mass is 9.59. The van der Waals surface area contributed by atoms with Gasteiger partial charge in [-0.25, -0.2) is 9.97 Å². The molecular weight excluding hydrogens is 388 g/mol. The molecule has 0 fully saturated rings. The Balaban J connectivity index is 1.89. The van der Waals surface area contributed by atoms with Gasteiger partial charge in [0.2, 0.25) is 0 Å². The van der Waals surface area contributed by atoms with E-state index in [1.807, 2.05) is 12.1 Å². The van der Waals surface area contributed by atoms with E-state index in [9.17, 15) is 0 Å². The highest BCUT2D eigenvalue weighted by atomic mass is 14.8. The van der Waals surface area contributed by atoms with Crippen LogP contribution in [-0.2, 0) is 10.8 Å². The van der Waals surface area contributed by atoms with Crippen LogP contribution in [0.1, 0.15) is 58.2 Å². The SMILES string of the molecule is Cc1c2c(cc3nc(-c4ccccc4)c(-c4ccccc4)nc13)C(C)(C)C(C)(C)C2(C)C.